The first-order valence-corrected chi connectivity index (χ1v) is 7.63. The van der Waals surface area contributed by atoms with Gasteiger partial charge in [0.2, 0.25) is 0 Å². The second-order valence-corrected chi connectivity index (χ2v) is 5.77. The Kier molecular flexibility index (Phi) is 4.99. The summed E-state index contributed by atoms with van der Waals surface area (Å²) in [5.74, 6) is 1.17. The molecule has 4 heteroatoms. The number of imidazole rings is 1. The molecule has 1 aromatic heterocycles. The van der Waals surface area contributed by atoms with Crippen molar-refractivity contribution < 1.29 is 0 Å². The third-order valence-electron chi connectivity index (χ3n) is 4.74. The van der Waals surface area contributed by atoms with Gasteiger partial charge in [-0.25, -0.2) is 4.98 Å². The Bertz CT molecular complexity index is 379. The van der Waals surface area contributed by atoms with Gasteiger partial charge >= 0.3 is 0 Å². The van der Waals surface area contributed by atoms with E-state index in [9.17, 15) is 0 Å². The van der Waals surface area contributed by atoms with Crippen LogP contribution in [-0.2, 0) is 13.5 Å². The van der Waals surface area contributed by atoms with Gasteiger partial charge in [0.1, 0.15) is 5.82 Å². The summed E-state index contributed by atoms with van der Waals surface area (Å²) in [4.78, 5) is 7.02. The third-order valence-corrected chi connectivity index (χ3v) is 4.74. The van der Waals surface area contributed by atoms with Crippen molar-refractivity contribution >= 4 is 0 Å². The van der Waals surface area contributed by atoms with E-state index in [0.717, 1.165) is 26.1 Å². The molecule has 0 spiro atoms. The molecule has 0 saturated heterocycles. The van der Waals surface area contributed by atoms with Crippen LogP contribution >= 0.6 is 0 Å². The SMILES string of the molecule is CCN(CCc1nccn1C)C1(CN)CCCCC1. The second-order valence-electron chi connectivity index (χ2n) is 5.77. The Hall–Kier alpha value is -0.870. The molecule has 0 atom stereocenters. The predicted molar refractivity (Wildman–Crippen MR) is 79.0 cm³/mol. The van der Waals surface area contributed by atoms with E-state index in [1.165, 1.54) is 37.9 Å². The lowest BCUT2D eigenvalue weighted by atomic mass is 9.80. The van der Waals surface area contributed by atoms with E-state index in [0.29, 0.717) is 0 Å². The summed E-state index contributed by atoms with van der Waals surface area (Å²) >= 11 is 0. The van der Waals surface area contributed by atoms with Crippen LogP contribution in [0.2, 0.25) is 0 Å². The molecule has 1 saturated carbocycles. The van der Waals surface area contributed by atoms with Crippen LogP contribution in [0.4, 0.5) is 0 Å². The Morgan fingerprint density at radius 1 is 1.37 bits per heavy atom. The number of nitrogens with two attached hydrogens (primary N) is 1. The topological polar surface area (TPSA) is 47.1 Å². The Morgan fingerprint density at radius 2 is 2.11 bits per heavy atom. The van der Waals surface area contributed by atoms with Crippen molar-refractivity contribution in [3.05, 3.63) is 18.2 Å². The van der Waals surface area contributed by atoms with Crippen LogP contribution in [0.1, 0.15) is 44.9 Å². The van der Waals surface area contributed by atoms with Crippen LogP contribution in [-0.4, -0.2) is 39.6 Å². The number of aromatic nitrogens is 2. The summed E-state index contributed by atoms with van der Waals surface area (Å²) in [5.41, 5.74) is 6.38. The highest BCUT2D eigenvalue weighted by atomic mass is 15.2. The zero-order chi connectivity index (χ0) is 13.7. The molecule has 2 rings (SSSR count). The highest BCUT2D eigenvalue weighted by Gasteiger charge is 2.35. The van der Waals surface area contributed by atoms with Gasteiger partial charge < -0.3 is 10.3 Å². The Balaban J connectivity index is 2.00. The lowest BCUT2D eigenvalue weighted by molar-refractivity contribution is 0.0623. The van der Waals surface area contributed by atoms with E-state index in [1.54, 1.807) is 0 Å². The number of aryl methyl sites for hydroxylation is 1. The molecule has 1 fully saturated rings. The minimum absolute atomic E-state index is 0.248. The molecular weight excluding hydrogens is 236 g/mol. The summed E-state index contributed by atoms with van der Waals surface area (Å²) in [6, 6.07) is 0. The molecule has 0 aromatic carbocycles. The lowest BCUT2D eigenvalue weighted by Crippen LogP contribution is -2.55. The van der Waals surface area contributed by atoms with Gasteiger partial charge in [0.15, 0.2) is 0 Å². The first kappa shape index (κ1) is 14.5. The molecule has 108 valence electrons. The summed E-state index contributed by atoms with van der Waals surface area (Å²) < 4.78 is 2.11. The van der Waals surface area contributed by atoms with E-state index in [-0.39, 0.29) is 5.54 Å². The minimum atomic E-state index is 0.248. The van der Waals surface area contributed by atoms with E-state index < -0.39 is 0 Å². The maximum Gasteiger partial charge on any atom is 0.109 e. The van der Waals surface area contributed by atoms with Gasteiger partial charge in [-0.3, -0.25) is 4.90 Å². The van der Waals surface area contributed by atoms with Gasteiger partial charge in [-0.1, -0.05) is 26.2 Å². The van der Waals surface area contributed by atoms with Gasteiger partial charge in [-0.15, -0.1) is 0 Å². The fourth-order valence-electron chi connectivity index (χ4n) is 3.46. The van der Waals surface area contributed by atoms with Crippen molar-refractivity contribution in [2.75, 3.05) is 19.6 Å². The maximum absolute atomic E-state index is 6.13. The van der Waals surface area contributed by atoms with Gasteiger partial charge in [0, 0.05) is 44.5 Å². The average Bonchev–Trinajstić information content (AvgIpc) is 2.86. The largest absolute Gasteiger partial charge is 0.338 e. The maximum atomic E-state index is 6.13. The predicted octanol–water partition coefficient (Wildman–Crippen LogP) is 1.95. The summed E-state index contributed by atoms with van der Waals surface area (Å²) in [5, 5.41) is 0. The Labute approximate surface area is 117 Å². The minimum Gasteiger partial charge on any atom is -0.338 e. The molecule has 0 unspecified atom stereocenters. The number of nitrogens with zero attached hydrogens (tertiary/aromatic N) is 3. The van der Waals surface area contributed by atoms with Crippen molar-refractivity contribution in [2.45, 2.75) is 51.0 Å². The average molecular weight is 264 g/mol. The molecular formula is C15H28N4. The van der Waals surface area contributed by atoms with Crippen LogP contribution in [0, 0.1) is 0 Å². The van der Waals surface area contributed by atoms with Crippen molar-refractivity contribution in [1.29, 1.82) is 0 Å². The normalized spacial score (nSPS) is 18.9. The molecule has 4 nitrogen and oxygen atoms in total. The van der Waals surface area contributed by atoms with E-state index in [2.05, 4.69) is 28.4 Å². The van der Waals surface area contributed by atoms with Crippen LogP contribution in [0.5, 0.6) is 0 Å². The fraction of sp³-hybridized carbons (Fsp3) is 0.800. The van der Waals surface area contributed by atoms with Crippen molar-refractivity contribution in [3.8, 4) is 0 Å². The van der Waals surface area contributed by atoms with Gasteiger partial charge in [0.25, 0.3) is 0 Å². The van der Waals surface area contributed by atoms with Crippen LogP contribution < -0.4 is 5.73 Å². The fourth-order valence-corrected chi connectivity index (χ4v) is 3.46. The van der Waals surface area contributed by atoms with Crippen LogP contribution in [0.25, 0.3) is 0 Å². The standard InChI is InChI=1S/C15H28N4/c1-3-19(11-7-14-17-10-12-18(14)2)15(13-16)8-5-4-6-9-15/h10,12H,3-9,11,13,16H2,1-2H3. The summed E-state index contributed by atoms with van der Waals surface area (Å²) in [7, 11) is 2.07. The van der Waals surface area contributed by atoms with Crippen LogP contribution in [0.3, 0.4) is 0 Å². The van der Waals surface area contributed by atoms with Crippen LogP contribution in [0.15, 0.2) is 12.4 Å². The van der Waals surface area contributed by atoms with Crippen molar-refractivity contribution in [2.24, 2.45) is 12.8 Å². The monoisotopic (exact) mass is 264 g/mol. The quantitative estimate of drug-likeness (QED) is 0.854. The number of hydrogen-bond donors (Lipinski definition) is 1. The lowest BCUT2D eigenvalue weighted by Gasteiger charge is -2.45. The van der Waals surface area contributed by atoms with E-state index >= 15 is 0 Å². The van der Waals surface area contributed by atoms with Crippen molar-refractivity contribution in [1.82, 2.24) is 14.5 Å². The van der Waals surface area contributed by atoms with Gasteiger partial charge in [-0.05, 0) is 19.4 Å². The molecule has 1 heterocycles. The first-order valence-electron chi connectivity index (χ1n) is 7.63. The number of likely N-dealkylation sites (N-methyl/N-ethyl adjacent to an activating group) is 1. The summed E-state index contributed by atoms with van der Waals surface area (Å²) in [6.45, 7) is 5.20. The van der Waals surface area contributed by atoms with E-state index in [1.807, 2.05) is 12.4 Å². The molecule has 0 aliphatic heterocycles. The Morgan fingerprint density at radius 3 is 2.63 bits per heavy atom. The smallest absolute Gasteiger partial charge is 0.109 e. The number of hydrogen-bond acceptors (Lipinski definition) is 3. The highest BCUT2D eigenvalue weighted by Crippen LogP contribution is 2.32. The third kappa shape index (κ3) is 3.18. The second kappa shape index (κ2) is 6.53. The zero-order valence-corrected chi connectivity index (χ0v) is 12.4. The molecule has 0 bridgehead atoms. The van der Waals surface area contributed by atoms with E-state index in [4.69, 9.17) is 5.73 Å². The molecule has 1 aliphatic rings. The van der Waals surface area contributed by atoms with Crippen molar-refractivity contribution in [3.63, 3.8) is 0 Å². The molecule has 0 amide bonds. The molecule has 2 N–H and O–H groups in total. The zero-order valence-electron chi connectivity index (χ0n) is 12.4. The molecule has 1 aliphatic carbocycles. The highest BCUT2D eigenvalue weighted by molar-refractivity contribution is 4.97. The molecule has 1 aromatic rings. The number of rotatable bonds is 6. The van der Waals surface area contributed by atoms with Gasteiger partial charge in [-0.2, -0.15) is 0 Å². The summed E-state index contributed by atoms with van der Waals surface area (Å²) in [6.07, 6.45) is 11.5. The molecule has 19 heavy (non-hydrogen) atoms. The first-order chi connectivity index (χ1) is 9.22. The van der Waals surface area contributed by atoms with Gasteiger partial charge in [0.05, 0.1) is 0 Å². The molecule has 0 radical (unpaired) electrons.